The van der Waals surface area contributed by atoms with Gasteiger partial charge < -0.3 is 5.11 Å². The van der Waals surface area contributed by atoms with Crippen LogP contribution >= 0.6 is 22.6 Å². The number of benzene rings is 4. The van der Waals surface area contributed by atoms with Crippen LogP contribution in [0.2, 0.25) is 0 Å². The predicted octanol–water partition coefficient (Wildman–Crippen LogP) is 6.97. The highest BCUT2D eigenvalue weighted by molar-refractivity contribution is 14.1. The minimum atomic E-state index is 0.271. The fourth-order valence-electron chi connectivity index (χ4n) is 3.34. The molecule has 4 rings (SSSR count). The summed E-state index contributed by atoms with van der Waals surface area (Å²) in [5, 5.41) is 14.0. The van der Waals surface area contributed by atoms with Crippen molar-refractivity contribution in [3.63, 3.8) is 0 Å². The largest absolute Gasteiger partial charge is 0.396 e. The molecular weight excluding hydrogens is 455 g/mol. The van der Waals surface area contributed by atoms with Gasteiger partial charge in [0.15, 0.2) is 0 Å². The second kappa shape index (κ2) is 11.2. The van der Waals surface area contributed by atoms with E-state index >= 15 is 0 Å². The summed E-state index contributed by atoms with van der Waals surface area (Å²) in [7, 11) is 0. The van der Waals surface area contributed by atoms with Crippen molar-refractivity contribution in [2.45, 2.75) is 25.7 Å². The Kier molecular flexibility index (Phi) is 8.31. The first kappa shape index (κ1) is 20.8. The molecule has 28 heavy (non-hydrogen) atoms. The van der Waals surface area contributed by atoms with E-state index in [1.165, 1.54) is 49.9 Å². The monoisotopic (exact) mass is 482 g/mol. The second-order valence-corrected chi connectivity index (χ2v) is 8.06. The predicted molar refractivity (Wildman–Crippen MR) is 131 cm³/mol. The first-order chi connectivity index (χ1) is 13.8. The van der Waals surface area contributed by atoms with Crippen LogP contribution in [-0.4, -0.2) is 16.1 Å². The van der Waals surface area contributed by atoms with Gasteiger partial charge in [0.05, 0.1) is 0 Å². The molecule has 144 valence electrons. The molecule has 0 unspecified atom stereocenters. The topological polar surface area (TPSA) is 20.2 Å². The van der Waals surface area contributed by atoms with E-state index in [0.29, 0.717) is 0 Å². The summed E-state index contributed by atoms with van der Waals surface area (Å²) in [6.07, 6.45) is 4.28. The molecule has 0 fully saturated rings. The summed E-state index contributed by atoms with van der Waals surface area (Å²) < 4.78 is 1.24. The maximum Gasteiger partial charge on any atom is 0.0434 e. The number of aliphatic hydroxyl groups is 1. The minimum Gasteiger partial charge on any atom is -0.396 e. The standard InChI is InChI=1S/C13H13I.C13H14O/c2*14-9-3-4-11-7-8-12-5-1-2-6-13(12)10-11/h1-2,5-8,10H,3-4,9H2;1-2,5-8,10,14H,3-4,9H2. The molecule has 4 aromatic rings. The summed E-state index contributed by atoms with van der Waals surface area (Å²) in [4.78, 5) is 0. The van der Waals surface area contributed by atoms with Gasteiger partial charge >= 0.3 is 0 Å². The van der Waals surface area contributed by atoms with Crippen LogP contribution in [0, 0.1) is 0 Å². The number of halogens is 1. The van der Waals surface area contributed by atoms with Gasteiger partial charge in [-0.1, -0.05) is 108 Å². The minimum absolute atomic E-state index is 0.271. The van der Waals surface area contributed by atoms with Crippen molar-refractivity contribution in [2.24, 2.45) is 0 Å². The van der Waals surface area contributed by atoms with Crippen molar-refractivity contribution in [1.29, 1.82) is 0 Å². The summed E-state index contributed by atoms with van der Waals surface area (Å²) >= 11 is 2.43. The second-order valence-electron chi connectivity index (χ2n) is 6.98. The Labute approximate surface area is 181 Å². The molecule has 4 aromatic carbocycles. The molecule has 0 amide bonds. The molecule has 0 heterocycles. The van der Waals surface area contributed by atoms with Gasteiger partial charge in [-0.3, -0.25) is 0 Å². The molecule has 1 N–H and O–H groups in total. The zero-order valence-electron chi connectivity index (χ0n) is 16.2. The Morgan fingerprint density at radius 2 is 1.04 bits per heavy atom. The van der Waals surface area contributed by atoms with Crippen LogP contribution < -0.4 is 0 Å². The Balaban J connectivity index is 0.000000161. The lowest BCUT2D eigenvalue weighted by molar-refractivity contribution is 0.288. The van der Waals surface area contributed by atoms with Crippen LogP contribution in [0.15, 0.2) is 84.9 Å². The SMILES string of the molecule is ICCCc1ccc2ccccc2c1.OCCCc1ccc2ccccc2c1. The van der Waals surface area contributed by atoms with Crippen molar-refractivity contribution < 1.29 is 5.11 Å². The number of hydrogen-bond donors (Lipinski definition) is 1. The van der Waals surface area contributed by atoms with E-state index in [0.717, 1.165) is 12.8 Å². The number of aryl methyl sites for hydroxylation is 2. The third kappa shape index (κ3) is 6.05. The maximum absolute atomic E-state index is 8.74. The van der Waals surface area contributed by atoms with Crippen molar-refractivity contribution in [3.05, 3.63) is 96.1 Å². The van der Waals surface area contributed by atoms with E-state index in [4.69, 9.17) is 5.11 Å². The van der Waals surface area contributed by atoms with Gasteiger partial charge in [-0.05, 0) is 62.8 Å². The summed E-state index contributed by atoms with van der Waals surface area (Å²) in [6, 6.07) is 30.1. The fourth-order valence-corrected chi connectivity index (χ4v) is 3.72. The third-order valence-electron chi connectivity index (χ3n) is 4.85. The van der Waals surface area contributed by atoms with E-state index in [1.807, 2.05) is 0 Å². The first-order valence-electron chi connectivity index (χ1n) is 9.92. The summed E-state index contributed by atoms with van der Waals surface area (Å²) in [5.74, 6) is 0. The van der Waals surface area contributed by atoms with Gasteiger partial charge in [0.2, 0.25) is 0 Å². The van der Waals surface area contributed by atoms with Crippen molar-refractivity contribution in [2.75, 3.05) is 11.0 Å². The van der Waals surface area contributed by atoms with Gasteiger partial charge in [0.25, 0.3) is 0 Å². The first-order valence-corrected chi connectivity index (χ1v) is 11.4. The van der Waals surface area contributed by atoms with Crippen LogP contribution in [0.1, 0.15) is 24.0 Å². The normalized spacial score (nSPS) is 10.6. The van der Waals surface area contributed by atoms with Gasteiger partial charge in [0, 0.05) is 6.61 Å². The van der Waals surface area contributed by atoms with Gasteiger partial charge in [0.1, 0.15) is 0 Å². The summed E-state index contributed by atoms with van der Waals surface area (Å²) in [6.45, 7) is 0.271. The van der Waals surface area contributed by atoms with Crippen molar-refractivity contribution >= 4 is 44.1 Å². The molecule has 0 saturated carbocycles. The third-order valence-corrected chi connectivity index (χ3v) is 5.61. The molecule has 0 bridgehead atoms. The number of rotatable bonds is 6. The lowest BCUT2D eigenvalue weighted by Gasteiger charge is -2.02. The molecule has 1 nitrogen and oxygen atoms in total. The molecule has 0 aliphatic rings. The molecule has 0 aliphatic carbocycles. The molecule has 0 atom stereocenters. The van der Waals surface area contributed by atoms with E-state index in [-0.39, 0.29) is 6.61 Å². The lowest BCUT2D eigenvalue weighted by Crippen LogP contribution is -1.88. The highest BCUT2D eigenvalue weighted by Crippen LogP contribution is 2.17. The van der Waals surface area contributed by atoms with Gasteiger partial charge in [-0.25, -0.2) is 0 Å². The van der Waals surface area contributed by atoms with E-state index in [2.05, 4.69) is 108 Å². The molecule has 0 aromatic heterocycles. The zero-order chi connectivity index (χ0) is 19.6. The zero-order valence-corrected chi connectivity index (χ0v) is 18.3. The number of hydrogen-bond acceptors (Lipinski definition) is 1. The van der Waals surface area contributed by atoms with Crippen LogP contribution in [0.25, 0.3) is 21.5 Å². The molecule has 0 radical (unpaired) electrons. The molecule has 0 spiro atoms. The van der Waals surface area contributed by atoms with E-state index in [1.54, 1.807) is 0 Å². The molecule has 2 heteroatoms. The van der Waals surface area contributed by atoms with Gasteiger partial charge in [-0.2, -0.15) is 0 Å². The van der Waals surface area contributed by atoms with Crippen LogP contribution in [0.4, 0.5) is 0 Å². The molecule has 0 aliphatic heterocycles. The van der Waals surface area contributed by atoms with Gasteiger partial charge in [-0.15, -0.1) is 0 Å². The summed E-state index contributed by atoms with van der Waals surface area (Å²) in [5.41, 5.74) is 2.76. The van der Waals surface area contributed by atoms with Crippen LogP contribution in [0.5, 0.6) is 0 Å². The van der Waals surface area contributed by atoms with E-state index < -0.39 is 0 Å². The smallest absolute Gasteiger partial charge is 0.0434 e. The van der Waals surface area contributed by atoms with Crippen molar-refractivity contribution in [3.8, 4) is 0 Å². The highest BCUT2D eigenvalue weighted by atomic mass is 127. The molecule has 0 saturated heterocycles. The Bertz CT molecular complexity index is 926. The highest BCUT2D eigenvalue weighted by Gasteiger charge is 1.96. The number of fused-ring (bicyclic) bond motifs is 2. The maximum atomic E-state index is 8.74. The molecular formula is C26H27IO. The van der Waals surface area contributed by atoms with Crippen LogP contribution in [-0.2, 0) is 12.8 Å². The quantitative estimate of drug-likeness (QED) is 0.232. The van der Waals surface area contributed by atoms with Crippen molar-refractivity contribution in [1.82, 2.24) is 0 Å². The number of alkyl halides is 1. The average Bonchev–Trinajstić information content (AvgIpc) is 2.76. The Hall–Kier alpha value is -1.91. The van der Waals surface area contributed by atoms with Crippen LogP contribution in [0.3, 0.4) is 0 Å². The Morgan fingerprint density at radius 3 is 1.50 bits per heavy atom. The lowest BCUT2D eigenvalue weighted by atomic mass is 10.0. The number of aliphatic hydroxyl groups excluding tert-OH is 1. The average molecular weight is 482 g/mol. The van der Waals surface area contributed by atoms with E-state index in [9.17, 15) is 0 Å². The Morgan fingerprint density at radius 1 is 0.571 bits per heavy atom. The fraction of sp³-hybridized carbons (Fsp3) is 0.231.